The number of benzene rings is 2. The van der Waals surface area contributed by atoms with Crippen molar-refractivity contribution < 1.29 is 9.18 Å². The summed E-state index contributed by atoms with van der Waals surface area (Å²) in [4.78, 5) is 14.8. The predicted octanol–water partition coefficient (Wildman–Crippen LogP) is 4.45. The zero-order valence-electron chi connectivity index (χ0n) is 13.4. The fraction of sp³-hybridized carbons (Fsp3) is 0.350. The first-order valence-corrected chi connectivity index (χ1v) is 8.27. The van der Waals surface area contributed by atoms with Crippen LogP contribution in [0.25, 0.3) is 0 Å². The molecule has 1 saturated heterocycles. The minimum Gasteiger partial charge on any atom is -0.333 e. The van der Waals surface area contributed by atoms with Crippen molar-refractivity contribution in [3.05, 3.63) is 71.5 Å². The second-order valence-electron chi connectivity index (χ2n) is 6.32. The first kappa shape index (κ1) is 15.7. The van der Waals surface area contributed by atoms with Crippen LogP contribution in [0.5, 0.6) is 0 Å². The first-order valence-electron chi connectivity index (χ1n) is 8.27. The quantitative estimate of drug-likeness (QED) is 0.817. The monoisotopic (exact) mass is 311 g/mol. The molecule has 23 heavy (non-hydrogen) atoms. The Kier molecular flexibility index (Phi) is 4.75. The zero-order chi connectivity index (χ0) is 16.2. The number of nitrogens with zero attached hydrogens (tertiary/aromatic N) is 1. The Morgan fingerprint density at radius 3 is 2.48 bits per heavy atom. The minimum absolute atomic E-state index is 0.125. The summed E-state index contributed by atoms with van der Waals surface area (Å²) in [6, 6.07) is 16.7. The van der Waals surface area contributed by atoms with Gasteiger partial charge in [-0.15, -0.1) is 0 Å². The van der Waals surface area contributed by atoms with Crippen LogP contribution in [-0.4, -0.2) is 22.9 Å². The van der Waals surface area contributed by atoms with Crippen molar-refractivity contribution in [3.63, 3.8) is 0 Å². The SMILES string of the molecule is C[C@@H]1CC[C@H](CCc2ccc(F)cc2)N1C(=O)c1ccccc1. The molecule has 1 aliphatic rings. The predicted molar refractivity (Wildman–Crippen MR) is 89.8 cm³/mol. The van der Waals surface area contributed by atoms with Crippen LogP contribution in [0, 0.1) is 5.82 Å². The summed E-state index contributed by atoms with van der Waals surface area (Å²) >= 11 is 0. The molecule has 1 fully saturated rings. The molecule has 120 valence electrons. The fourth-order valence-electron chi connectivity index (χ4n) is 3.44. The highest BCUT2D eigenvalue weighted by molar-refractivity contribution is 5.94. The smallest absolute Gasteiger partial charge is 0.254 e. The van der Waals surface area contributed by atoms with Crippen LogP contribution in [-0.2, 0) is 6.42 Å². The lowest BCUT2D eigenvalue weighted by Gasteiger charge is -2.29. The average molecular weight is 311 g/mol. The number of carbonyl (C=O) groups excluding carboxylic acids is 1. The lowest BCUT2D eigenvalue weighted by atomic mass is 10.0. The second-order valence-corrected chi connectivity index (χ2v) is 6.32. The maximum absolute atomic E-state index is 13.0. The number of halogens is 1. The summed E-state index contributed by atoms with van der Waals surface area (Å²) in [7, 11) is 0. The number of amides is 1. The minimum atomic E-state index is -0.205. The largest absolute Gasteiger partial charge is 0.333 e. The third-order valence-corrected chi connectivity index (χ3v) is 4.72. The average Bonchev–Trinajstić information content (AvgIpc) is 2.95. The Morgan fingerprint density at radius 1 is 1.09 bits per heavy atom. The van der Waals surface area contributed by atoms with Gasteiger partial charge < -0.3 is 4.90 Å². The summed E-state index contributed by atoms with van der Waals surface area (Å²) in [5, 5.41) is 0. The number of aryl methyl sites for hydroxylation is 1. The van der Waals surface area contributed by atoms with E-state index < -0.39 is 0 Å². The molecule has 0 N–H and O–H groups in total. The van der Waals surface area contributed by atoms with Crippen molar-refractivity contribution in [2.24, 2.45) is 0 Å². The van der Waals surface area contributed by atoms with Crippen LogP contribution >= 0.6 is 0 Å². The van der Waals surface area contributed by atoms with Gasteiger partial charge in [0, 0.05) is 17.6 Å². The van der Waals surface area contributed by atoms with E-state index in [9.17, 15) is 9.18 Å². The molecule has 3 heteroatoms. The molecule has 0 saturated carbocycles. The van der Waals surface area contributed by atoms with Gasteiger partial charge in [-0.05, 0) is 62.4 Å². The number of hydrogen-bond acceptors (Lipinski definition) is 1. The van der Waals surface area contributed by atoms with E-state index in [1.807, 2.05) is 47.4 Å². The molecule has 0 unspecified atom stereocenters. The van der Waals surface area contributed by atoms with Crippen molar-refractivity contribution >= 4 is 5.91 Å². The highest BCUT2D eigenvalue weighted by Gasteiger charge is 2.34. The van der Waals surface area contributed by atoms with Crippen molar-refractivity contribution in [2.45, 2.75) is 44.7 Å². The van der Waals surface area contributed by atoms with Gasteiger partial charge in [-0.2, -0.15) is 0 Å². The number of carbonyl (C=O) groups is 1. The lowest BCUT2D eigenvalue weighted by Crippen LogP contribution is -2.40. The molecular weight excluding hydrogens is 289 g/mol. The van der Waals surface area contributed by atoms with Gasteiger partial charge in [0.1, 0.15) is 5.82 Å². The maximum Gasteiger partial charge on any atom is 0.254 e. The summed E-state index contributed by atoms with van der Waals surface area (Å²) in [6.45, 7) is 2.12. The number of rotatable bonds is 4. The Labute approximate surface area is 136 Å². The van der Waals surface area contributed by atoms with E-state index in [0.717, 1.165) is 36.8 Å². The Morgan fingerprint density at radius 2 is 1.78 bits per heavy atom. The van der Waals surface area contributed by atoms with E-state index in [2.05, 4.69) is 6.92 Å². The standard InChI is InChI=1S/C20H22FNO/c1-15-7-13-19(14-10-16-8-11-18(21)12-9-16)22(15)20(23)17-5-3-2-4-6-17/h2-6,8-9,11-12,15,19H,7,10,13-14H2,1H3/t15-,19-/m1/s1. The maximum atomic E-state index is 13.0. The molecule has 3 rings (SSSR count). The van der Waals surface area contributed by atoms with Gasteiger partial charge in [-0.3, -0.25) is 4.79 Å². The third kappa shape index (κ3) is 3.61. The normalized spacial score (nSPS) is 20.7. The van der Waals surface area contributed by atoms with Crippen molar-refractivity contribution in [2.75, 3.05) is 0 Å². The highest BCUT2D eigenvalue weighted by atomic mass is 19.1. The topological polar surface area (TPSA) is 20.3 Å². The van der Waals surface area contributed by atoms with Gasteiger partial charge in [0.15, 0.2) is 0 Å². The molecule has 2 aromatic carbocycles. The van der Waals surface area contributed by atoms with E-state index in [-0.39, 0.29) is 23.8 Å². The molecule has 1 aliphatic heterocycles. The van der Waals surface area contributed by atoms with Gasteiger partial charge in [0.2, 0.25) is 0 Å². The van der Waals surface area contributed by atoms with Gasteiger partial charge in [0.25, 0.3) is 5.91 Å². The second kappa shape index (κ2) is 6.95. The van der Waals surface area contributed by atoms with Crippen molar-refractivity contribution in [1.29, 1.82) is 0 Å². The van der Waals surface area contributed by atoms with Crippen LogP contribution in [0.3, 0.4) is 0 Å². The van der Waals surface area contributed by atoms with Crippen LogP contribution < -0.4 is 0 Å². The van der Waals surface area contributed by atoms with Crippen molar-refractivity contribution in [1.82, 2.24) is 4.90 Å². The lowest BCUT2D eigenvalue weighted by molar-refractivity contribution is 0.0673. The third-order valence-electron chi connectivity index (χ3n) is 4.72. The van der Waals surface area contributed by atoms with Crippen LogP contribution in [0.1, 0.15) is 42.1 Å². The molecule has 1 heterocycles. The summed E-state index contributed by atoms with van der Waals surface area (Å²) in [5.74, 6) is -0.0798. The van der Waals surface area contributed by atoms with Crippen LogP contribution in [0.2, 0.25) is 0 Å². The summed E-state index contributed by atoms with van der Waals surface area (Å²) in [5.41, 5.74) is 1.88. The molecule has 0 radical (unpaired) electrons. The molecule has 2 aromatic rings. The molecule has 2 nitrogen and oxygen atoms in total. The summed E-state index contributed by atoms with van der Waals surface area (Å²) in [6.07, 6.45) is 3.89. The molecule has 0 aromatic heterocycles. The molecule has 1 amide bonds. The van der Waals surface area contributed by atoms with E-state index in [0.29, 0.717) is 0 Å². The zero-order valence-corrected chi connectivity index (χ0v) is 13.4. The van der Waals surface area contributed by atoms with Crippen LogP contribution in [0.4, 0.5) is 4.39 Å². The first-order chi connectivity index (χ1) is 11.1. The molecule has 2 atom stereocenters. The molecular formula is C20H22FNO. The Hall–Kier alpha value is -2.16. The summed E-state index contributed by atoms with van der Waals surface area (Å²) < 4.78 is 13.0. The van der Waals surface area contributed by atoms with Gasteiger partial charge in [0.05, 0.1) is 0 Å². The van der Waals surface area contributed by atoms with Gasteiger partial charge in [-0.25, -0.2) is 4.39 Å². The molecule has 0 spiro atoms. The number of hydrogen-bond donors (Lipinski definition) is 0. The number of likely N-dealkylation sites (tertiary alicyclic amines) is 1. The van der Waals surface area contributed by atoms with Crippen LogP contribution in [0.15, 0.2) is 54.6 Å². The molecule has 0 bridgehead atoms. The van der Waals surface area contributed by atoms with E-state index in [4.69, 9.17) is 0 Å². The van der Waals surface area contributed by atoms with Gasteiger partial charge >= 0.3 is 0 Å². The Bertz CT molecular complexity index is 653. The van der Waals surface area contributed by atoms with E-state index >= 15 is 0 Å². The molecule has 0 aliphatic carbocycles. The van der Waals surface area contributed by atoms with Crippen molar-refractivity contribution in [3.8, 4) is 0 Å². The fourth-order valence-corrected chi connectivity index (χ4v) is 3.44. The van der Waals surface area contributed by atoms with E-state index in [1.54, 1.807) is 0 Å². The Balaban J connectivity index is 1.68. The highest BCUT2D eigenvalue weighted by Crippen LogP contribution is 2.29. The van der Waals surface area contributed by atoms with E-state index in [1.165, 1.54) is 12.1 Å². The van der Waals surface area contributed by atoms with Gasteiger partial charge in [-0.1, -0.05) is 30.3 Å².